The number of hydrogen-bond donors (Lipinski definition) is 5. The molecule has 0 fully saturated rings. The summed E-state index contributed by atoms with van der Waals surface area (Å²) in [5.41, 5.74) is 2.48. The summed E-state index contributed by atoms with van der Waals surface area (Å²) in [6.45, 7) is 3.73. The monoisotopic (exact) mass is 550 g/mol. The molecular formula is C28H43FN4O6. The number of carbonyl (C=O) groups is 4. The second kappa shape index (κ2) is 17.4. The normalized spacial score (nSPS) is 20.6. The lowest BCUT2D eigenvalue weighted by molar-refractivity contribution is -0.142. The van der Waals surface area contributed by atoms with Gasteiger partial charge in [0.05, 0.1) is 25.7 Å². The average Bonchev–Trinajstić information content (AvgIpc) is 2.93. The van der Waals surface area contributed by atoms with Crippen molar-refractivity contribution in [1.82, 2.24) is 21.4 Å². The quantitative estimate of drug-likeness (QED) is 0.154. The Balaban J connectivity index is 2.30. The van der Waals surface area contributed by atoms with Crippen molar-refractivity contribution in [1.29, 1.82) is 0 Å². The zero-order valence-electron chi connectivity index (χ0n) is 23.0. The highest BCUT2D eigenvalue weighted by molar-refractivity contribution is 5.93. The molecule has 0 aromatic heterocycles. The van der Waals surface area contributed by atoms with Crippen molar-refractivity contribution in [3.8, 4) is 5.75 Å². The summed E-state index contributed by atoms with van der Waals surface area (Å²) in [5.74, 6) is -2.97. The Morgan fingerprint density at radius 1 is 1.15 bits per heavy atom. The van der Waals surface area contributed by atoms with Crippen LogP contribution in [0.15, 0.2) is 24.3 Å². The van der Waals surface area contributed by atoms with Crippen LogP contribution in [0.25, 0.3) is 0 Å². The minimum absolute atomic E-state index is 0.136. The molecule has 0 saturated heterocycles. The van der Waals surface area contributed by atoms with Gasteiger partial charge in [0, 0.05) is 18.9 Å². The Hall–Kier alpha value is -3.21. The Bertz CT molecular complexity index is 929. The van der Waals surface area contributed by atoms with Crippen LogP contribution in [0.2, 0.25) is 0 Å². The highest BCUT2D eigenvalue weighted by Crippen LogP contribution is 2.29. The van der Waals surface area contributed by atoms with Gasteiger partial charge in [-0.1, -0.05) is 45.2 Å². The number of hydrogen-bond acceptors (Lipinski definition) is 6. The van der Waals surface area contributed by atoms with E-state index in [0.717, 1.165) is 24.8 Å². The van der Waals surface area contributed by atoms with Crippen molar-refractivity contribution in [3.05, 3.63) is 29.8 Å². The van der Waals surface area contributed by atoms with Crippen molar-refractivity contribution in [2.45, 2.75) is 71.3 Å². The molecule has 5 N–H and O–H groups in total. The molecule has 218 valence electrons. The highest BCUT2D eigenvalue weighted by Gasteiger charge is 2.36. The van der Waals surface area contributed by atoms with Gasteiger partial charge in [-0.05, 0) is 49.3 Å². The summed E-state index contributed by atoms with van der Waals surface area (Å²) in [6.07, 6.45) is 4.38. The Morgan fingerprint density at radius 3 is 2.56 bits per heavy atom. The molecule has 2 aliphatic heterocycles. The van der Waals surface area contributed by atoms with Crippen LogP contribution >= 0.6 is 0 Å². The van der Waals surface area contributed by atoms with Gasteiger partial charge in [0.15, 0.2) is 0 Å². The molecular weight excluding hydrogens is 507 g/mol. The molecule has 2 bridgehead atoms. The van der Waals surface area contributed by atoms with Gasteiger partial charge in [0.25, 0.3) is 0 Å². The van der Waals surface area contributed by atoms with E-state index in [1.54, 1.807) is 17.6 Å². The van der Waals surface area contributed by atoms with Gasteiger partial charge in [-0.25, -0.2) is 5.48 Å². The van der Waals surface area contributed by atoms with E-state index in [9.17, 15) is 28.8 Å². The standard InChI is InChI=1S/C28H43FN4O6/c1-3-4-7-19(2)16-23-22(27(36)33-38)8-5-15-39-21-11-9-20(10-12-21)17-24(32-26(23)35)28(37)31-18-25(34)30-14-6-13-29/h9-12,19,22-24,38H,3-8,13-18H2,1-2H3,(H,30,34)(H,31,37)(H,32,35)(H,33,36)/t19?,22-,23?,24-/m0/s1. The number of carbonyl (C=O) groups excluding carboxylic acids is 4. The van der Waals surface area contributed by atoms with Crippen molar-refractivity contribution in [2.24, 2.45) is 17.8 Å². The largest absolute Gasteiger partial charge is 0.494 e. The van der Waals surface area contributed by atoms with E-state index in [0.29, 0.717) is 31.6 Å². The maximum absolute atomic E-state index is 13.7. The predicted molar refractivity (Wildman–Crippen MR) is 144 cm³/mol. The molecule has 3 rings (SSSR count). The van der Waals surface area contributed by atoms with Gasteiger partial charge >= 0.3 is 0 Å². The number of halogens is 1. The molecule has 4 amide bonds. The van der Waals surface area contributed by atoms with Crippen molar-refractivity contribution < 1.29 is 33.5 Å². The predicted octanol–water partition coefficient (Wildman–Crippen LogP) is 2.43. The average molecular weight is 551 g/mol. The number of hydroxylamine groups is 1. The van der Waals surface area contributed by atoms with E-state index in [-0.39, 0.29) is 31.8 Å². The molecule has 4 atom stereocenters. The number of unbranched alkanes of at least 4 members (excludes halogenated alkanes) is 1. The Kier molecular flexibility index (Phi) is 14.3. The minimum Gasteiger partial charge on any atom is -0.494 e. The van der Waals surface area contributed by atoms with E-state index >= 15 is 0 Å². The fraction of sp³-hybridized carbons (Fsp3) is 0.643. The number of amides is 4. The minimum atomic E-state index is -1.02. The van der Waals surface area contributed by atoms with Crippen LogP contribution in [0.3, 0.4) is 0 Å². The van der Waals surface area contributed by atoms with E-state index < -0.39 is 48.2 Å². The van der Waals surface area contributed by atoms with Crippen molar-refractivity contribution in [3.63, 3.8) is 0 Å². The molecule has 11 heteroatoms. The molecule has 0 aliphatic carbocycles. The van der Waals surface area contributed by atoms with Crippen LogP contribution in [0.4, 0.5) is 4.39 Å². The number of nitrogens with one attached hydrogen (secondary N) is 4. The number of alkyl halides is 1. The third-order valence-electron chi connectivity index (χ3n) is 6.96. The van der Waals surface area contributed by atoms with Gasteiger partial charge in [0.2, 0.25) is 23.6 Å². The zero-order chi connectivity index (χ0) is 28.6. The fourth-order valence-electron chi connectivity index (χ4n) is 4.74. The first-order valence-electron chi connectivity index (χ1n) is 13.8. The molecule has 2 heterocycles. The van der Waals surface area contributed by atoms with Crippen molar-refractivity contribution in [2.75, 3.05) is 26.4 Å². The number of benzene rings is 1. The van der Waals surface area contributed by atoms with Crippen LogP contribution in [0.1, 0.15) is 64.4 Å². The van der Waals surface area contributed by atoms with E-state index in [1.807, 2.05) is 19.1 Å². The van der Waals surface area contributed by atoms with E-state index in [2.05, 4.69) is 22.9 Å². The third kappa shape index (κ3) is 11.2. The summed E-state index contributed by atoms with van der Waals surface area (Å²) >= 11 is 0. The lowest BCUT2D eigenvalue weighted by Gasteiger charge is -2.29. The summed E-state index contributed by atoms with van der Waals surface area (Å²) in [5, 5.41) is 17.4. The summed E-state index contributed by atoms with van der Waals surface area (Å²) < 4.78 is 18.1. The van der Waals surface area contributed by atoms with Gasteiger partial charge in [-0.2, -0.15) is 0 Å². The first-order valence-corrected chi connectivity index (χ1v) is 13.8. The zero-order valence-corrected chi connectivity index (χ0v) is 23.0. The third-order valence-corrected chi connectivity index (χ3v) is 6.96. The molecule has 0 saturated carbocycles. The second-order valence-electron chi connectivity index (χ2n) is 10.2. The number of ether oxygens (including phenoxy) is 1. The lowest BCUT2D eigenvalue weighted by atomic mass is 9.79. The van der Waals surface area contributed by atoms with Crippen LogP contribution < -0.4 is 26.2 Å². The van der Waals surface area contributed by atoms with Gasteiger partial charge in [-0.3, -0.25) is 28.8 Å². The van der Waals surface area contributed by atoms with Crippen LogP contribution in [-0.4, -0.2) is 61.2 Å². The fourth-order valence-corrected chi connectivity index (χ4v) is 4.74. The molecule has 2 unspecified atom stereocenters. The second-order valence-corrected chi connectivity index (χ2v) is 10.2. The van der Waals surface area contributed by atoms with Gasteiger partial charge in [0.1, 0.15) is 11.8 Å². The van der Waals surface area contributed by atoms with Crippen LogP contribution in [-0.2, 0) is 25.6 Å². The van der Waals surface area contributed by atoms with Gasteiger partial charge in [-0.15, -0.1) is 0 Å². The molecule has 1 aromatic rings. The van der Waals surface area contributed by atoms with E-state index in [4.69, 9.17) is 4.74 Å². The highest BCUT2D eigenvalue weighted by atomic mass is 19.1. The molecule has 2 aliphatic rings. The summed E-state index contributed by atoms with van der Waals surface area (Å²) in [4.78, 5) is 51.6. The molecule has 0 spiro atoms. The topological polar surface area (TPSA) is 146 Å². The first kappa shape index (κ1) is 32.0. The van der Waals surface area contributed by atoms with Gasteiger partial charge < -0.3 is 20.7 Å². The summed E-state index contributed by atoms with van der Waals surface area (Å²) in [7, 11) is 0. The van der Waals surface area contributed by atoms with Crippen LogP contribution in [0.5, 0.6) is 5.75 Å². The van der Waals surface area contributed by atoms with E-state index in [1.165, 1.54) is 0 Å². The Labute approximate surface area is 229 Å². The molecule has 0 radical (unpaired) electrons. The molecule has 39 heavy (non-hydrogen) atoms. The SMILES string of the molecule is CCCCC(C)CC1C(=O)N[C@H](C(=O)NCC(=O)NCCCF)Cc2ccc(cc2)OCCC[C@@H]1C(=O)NO. The van der Waals surface area contributed by atoms with Crippen LogP contribution in [0, 0.1) is 17.8 Å². The smallest absolute Gasteiger partial charge is 0.247 e. The lowest BCUT2D eigenvalue weighted by Crippen LogP contribution is -2.53. The molecule has 10 nitrogen and oxygen atoms in total. The summed E-state index contributed by atoms with van der Waals surface area (Å²) in [6, 6.07) is 6.14. The van der Waals surface area contributed by atoms with Crippen molar-refractivity contribution >= 4 is 23.6 Å². The molecule has 1 aromatic carbocycles. The number of fused-ring (bicyclic) bond motifs is 11. The number of rotatable bonds is 12. The first-order chi connectivity index (χ1) is 18.8. The maximum atomic E-state index is 13.7. The Morgan fingerprint density at radius 2 is 1.90 bits per heavy atom. The maximum Gasteiger partial charge on any atom is 0.247 e.